The Morgan fingerprint density at radius 2 is 2.00 bits per heavy atom. The lowest BCUT2D eigenvalue weighted by Crippen LogP contribution is -2.27. The van der Waals surface area contributed by atoms with Gasteiger partial charge in [-0.2, -0.15) is 10.2 Å². The maximum Gasteiger partial charge on any atom is 0.0851 e. The molecule has 2 N–H and O–H groups in total. The largest absolute Gasteiger partial charge is 0.396 e. The summed E-state index contributed by atoms with van der Waals surface area (Å²) in [6.07, 6.45) is 5.71. The van der Waals surface area contributed by atoms with Gasteiger partial charge in [0.25, 0.3) is 0 Å². The number of hydrogen-bond acceptors (Lipinski definition) is 3. The molecular formula is C11H17N5. The van der Waals surface area contributed by atoms with Crippen molar-refractivity contribution >= 4 is 5.69 Å². The first-order valence-electron chi connectivity index (χ1n) is 5.22. The van der Waals surface area contributed by atoms with Gasteiger partial charge in [-0.1, -0.05) is 0 Å². The molecule has 16 heavy (non-hydrogen) atoms. The van der Waals surface area contributed by atoms with Crippen LogP contribution in [0.15, 0.2) is 18.6 Å². The number of anilines is 1. The van der Waals surface area contributed by atoms with Gasteiger partial charge in [-0.15, -0.1) is 0 Å². The molecule has 0 amide bonds. The number of nitrogens with two attached hydrogens (primary N) is 1. The van der Waals surface area contributed by atoms with Crippen molar-refractivity contribution < 1.29 is 0 Å². The van der Waals surface area contributed by atoms with E-state index >= 15 is 0 Å². The van der Waals surface area contributed by atoms with Gasteiger partial charge in [-0.05, 0) is 20.8 Å². The molecule has 2 heterocycles. The molecule has 0 aliphatic rings. The fourth-order valence-electron chi connectivity index (χ4n) is 1.63. The molecule has 0 aliphatic heterocycles. The van der Waals surface area contributed by atoms with Gasteiger partial charge in [0.05, 0.1) is 23.1 Å². The molecule has 0 aromatic carbocycles. The zero-order valence-electron chi connectivity index (χ0n) is 10.1. The van der Waals surface area contributed by atoms with Crippen molar-refractivity contribution in [1.82, 2.24) is 19.6 Å². The van der Waals surface area contributed by atoms with Crippen molar-refractivity contribution in [3.63, 3.8) is 0 Å². The first-order chi connectivity index (χ1) is 7.41. The summed E-state index contributed by atoms with van der Waals surface area (Å²) in [5.41, 5.74) is 8.26. The number of aryl methyl sites for hydroxylation is 2. The van der Waals surface area contributed by atoms with Crippen LogP contribution in [0.25, 0.3) is 0 Å². The Labute approximate surface area is 94.9 Å². The minimum atomic E-state index is -0.239. The summed E-state index contributed by atoms with van der Waals surface area (Å²) in [7, 11) is 1.91. The highest BCUT2D eigenvalue weighted by atomic mass is 15.3. The summed E-state index contributed by atoms with van der Waals surface area (Å²) >= 11 is 0. The third kappa shape index (κ3) is 1.58. The van der Waals surface area contributed by atoms with Crippen molar-refractivity contribution in [2.24, 2.45) is 7.05 Å². The SMILES string of the molecule is Cc1nn(C(C)(C)c2cnn(C)c2)cc1N. The van der Waals surface area contributed by atoms with E-state index in [0.717, 1.165) is 16.9 Å². The molecule has 0 saturated carbocycles. The topological polar surface area (TPSA) is 61.7 Å². The fraction of sp³-hybridized carbons (Fsp3) is 0.455. The Kier molecular flexibility index (Phi) is 2.26. The molecule has 0 aliphatic carbocycles. The third-order valence-corrected chi connectivity index (χ3v) is 2.92. The van der Waals surface area contributed by atoms with E-state index in [1.165, 1.54) is 0 Å². The maximum atomic E-state index is 5.82. The van der Waals surface area contributed by atoms with Gasteiger partial charge in [0, 0.05) is 25.0 Å². The van der Waals surface area contributed by atoms with Crippen LogP contribution in [-0.4, -0.2) is 19.6 Å². The summed E-state index contributed by atoms with van der Waals surface area (Å²) in [6.45, 7) is 6.09. The van der Waals surface area contributed by atoms with E-state index in [0.29, 0.717) is 0 Å². The number of aromatic nitrogens is 4. The lowest BCUT2D eigenvalue weighted by Gasteiger charge is -2.23. The van der Waals surface area contributed by atoms with E-state index in [4.69, 9.17) is 5.73 Å². The lowest BCUT2D eigenvalue weighted by atomic mass is 9.98. The molecule has 86 valence electrons. The van der Waals surface area contributed by atoms with Crippen LogP contribution >= 0.6 is 0 Å². The predicted molar refractivity (Wildman–Crippen MR) is 63.0 cm³/mol. The van der Waals surface area contributed by atoms with Crippen LogP contribution < -0.4 is 5.73 Å². The van der Waals surface area contributed by atoms with E-state index in [9.17, 15) is 0 Å². The number of hydrogen-bond donors (Lipinski definition) is 1. The summed E-state index contributed by atoms with van der Waals surface area (Å²) < 4.78 is 3.67. The Bertz CT molecular complexity index is 487. The lowest BCUT2D eigenvalue weighted by molar-refractivity contribution is 0.389. The Balaban J connectivity index is 2.45. The van der Waals surface area contributed by atoms with E-state index < -0.39 is 0 Å². The van der Waals surface area contributed by atoms with Crippen molar-refractivity contribution in [2.45, 2.75) is 26.3 Å². The summed E-state index contributed by atoms with van der Waals surface area (Å²) in [4.78, 5) is 0. The smallest absolute Gasteiger partial charge is 0.0851 e. The van der Waals surface area contributed by atoms with Crippen molar-refractivity contribution in [2.75, 3.05) is 5.73 Å². The summed E-state index contributed by atoms with van der Waals surface area (Å²) in [5, 5.41) is 8.60. The molecule has 2 aromatic heterocycles. The van der Waals surface area contributed by atoms with Crippen LogP contribution in [0.3, 0.4) is 0 Å². The Morgan fingerprint density at radius 1 is 1.31 bits per heavy atom. The summed E-state index contributed by atoms with van der Waals surface area (Å²) in [6, 6.07) is 0. The quantitative estimate of drug-likeness (QED) is 0.828. The molecule has 0 unspecified atom stereocenters. The van der Waals surface area contributed by atoms with Gasteiger partial charge in [-0.3, -0.25) is 9.36 Å². The summed E-state index contributed by atoms with van der Waals surface area (Å²) in [5.74, 6) is 0. The highest BCUT2D eigenvalue weighted by Crippen LogP contribution is 2.25. The third-order valence-electron chi connectivity index (χ3n) is 2.92. The normalized spacial score (nSPS) is 12.0. The molecule has 5 heteroatoms. The second kappa shape index (κ2) is 3.37. The monoisotopic (exact) mass is 219 g/mol. The zero-order chi connectivity index (χ0) is 11.9. The van der Waals surface area contributed by atoms with E-state index in [1.54, 1.807) is 4.68 Å². The van der Waals surface area contributed by atoms with Gasteiger partial charge in [0.2, 0.25) is 0 Å². The molecular weight excluding hydrogens is 202 g/mol. The molecule has 0 saturated heterocycles. The van der Waals surface area contributed by atoms with Gasteiger partial charge in [0.15, 0.2) is 0 Å². The number of rotatable bonds is 2. The first kappa shape index (κ1) is 10.7. The van der Waals surface area contributed by atoms with Crippen LogP contribution in [-0.2, 0) is 12.6 Å². The Morgan fingerprint density at radius 3 is 2.44 bits per heavy atom. The van der Waals surface area contributed by atoms with Crippen molar-refractivity contribution in [3.05, 3.63) is 29.8 Å². The number of nitrogens with zero attached hydrogens (tertiary/aromatic N) is 4. The van der Waals surface area contributed by atoms with E-state index in [1.807, 2.05) is 37.2 Å². The molecule has 0 atom stereocenters. The second-order valence-corrected chi connectivity index (χ2v) is 4.58. The average molecular weight is 219 g/mol. The van der Waals surface area contributed by atoms with Gasteiger partial charge >= 0.3 is 0 Å². The standard InChI is InChI=1S/C11H17N5/c1-8-10(12)7-16(14-8)11(2,3)9-5-13-15(4)6-9/h5-7H,12H2,1-4H3. The van der Waals surface area contributed by atoms with Crippen LogP contribution in [0, 0.1) is 6.92 Å². The minimum Gasteiger partial charge on any atom is -0.396 e. The predicted octanol–water partition coefficient (Wildman–Crippen LogP) is 1.29. The van der Waals surface area contributed by atoms with Crippen molar-refractivity contribution in [1.29, 1.82) is 0 Å². The second-order valence-electron chi connectivity index (χ2n) is 4.58. The zero-order valence-corrected chi connectivity index (χ0v) is 10.1. The van der Waals surface area contributed by atoms with E-state index in [-0.39, 0.29) is 5.54 Å². The van der Waals surface area contributed by atoms with Crippen LogP contribution in [0.5, 0.6) is 0 Å². The highest BCUT2D eigenvalue weighted by Gasteiger charge is 2.25. The number of nitrogen functional groups attached to an aromatic ring is 1. The molecule has 0 fully saturated rings. The van der Waals surface area contributed by atoms with Gasteiger partial charge in [0.1, 0.15) is 0 Å². The maximum absolute atomic E-state index is 5.82. The molecule has 5 nitrogen and oxygen atoms in total. The Hall–Kier alpha value is -1.78. The van der Waals surface area contributed by atoms with Crippen molar-refractivity contribution in [3.8, 4) is 0 Å². The first-order valence-corrected chi connectivity index (χ1v) is 5.22. The minimum absolute atomic E-state index is 0.239. The fourth-order valence-corrected chi connectivity index (χ4v) is 1.63. The van der Waals surface area contributed by atoms with Gasteiger partial charge in [-0.25, -0.2) is 0 Å². The molecule has 0 spiro atoms. The molecule has 0 bridgehead atoms. The molecule has 2 aromatic rings. The molecule has 2 rings (SSSR count). The van der Waals surface area contributed by atoms with Crippen LogP contribution in [0.2, 0.25) is 0 Å². The molecule has 0 radical (unpaired) electrons. The van der Waals surface area contributed by atoms with E-state index in [2.05, 4.69) is 24.0 Å². The van der Waals surface area contributed by atoms with Crippen LogP contribution in [0.4, 0.5) is 5.69 Å². The highest BCUT2D eigenvalue weighted by molar-refractivity contribution is 5.40. The van der Waals surface area contributed by atoms with Crippen LogP contribution in [0.1, 0.15) is 25.1 Å². The average Bonchev–Trinajstić information content (AvgIpc) is 2.75. The van der Waals surface area contributed by atoms with Gasteiger partial charge < -0.3 is 5.73 Å².